The van der Waals surface area contributed by atoms with Crippen LogP contribution >= 0.6 is 0 Å². The average molecular weight is 366 g/mol. The van der Waals surface area contributed by atoms with Crippen molar-refractivity contribution in [3.63, 3.8) is 0 Å². The number of nitrogens with one attached hydrogen (secondary N) is 1. The van der Waals surface area contributed by atoms with Crippen molar-refractivity contribution in [1.82, 2.24) is 10.2 Å². The lowest BCUT2D eigenvalue weighted by Gasteiger charge is -2.49. The molecule has 142 valence electrons. The minimum Gasteiger partial charge on any atom is -0.349 e. The third-order valence-electron chi connectivity index (χ3n) is 6.05. The molecule has 0 aliphatic carbocycles. The van der Waals surface area contributed by atoms with Gasteiger partial charge in [-0.25, -0.2) is 4.39 Å². The molecule has 2 atom stereocenters. The minimum atomic E-state index is -0.184. The van der Waals surface area contributed by atoms with Gasteiger partial charge in [-0.2, -0.15) is 0 Å². The molecule has 0 saturated carbocycles. The fourth-order valence-electron chi connectivity index (χ4n) is 4.63. The zero-order valence-corrected chi connectivity index (χ0v) is 15.8. The van der Waals surface area contributed by atoms with E-state index < -0.39 is 0 Å². The molecule has 2 aromatic rings. The molecule has 2 aliphatic heterocycles. The third-order valence-corrected chi connectivity index (χ3v) is 6.05. The van der Waals surface area contributed by atoms with Crippen LogP contribution in [0, 0.1) is 12.7 Å². The van der Waals surface area contributed by atoms with Gasteiger partial charge in [0.25, 0.3) is 5.91 Å². The van der Waals surface area contributed by atoms with Crippen LogP contribution in [0.4, 0.5) is 4.39 Å². The molecule has 2 aromatic carbocycles. The van der Waals surface area contributed by atoms with Crippen LogP contribution in [0.3, 0.4) is 0 Å². The van der Waals surface area contributed by atoms with E-state index >= 15 is 0 Å². The van der Waals surface area contributed by atoms with Crippen LogP contribution < -0.4 is 5.32 Å². The predicted molar refractivity (Wildman–Crippen MR) is 105 cm³/mol. The molecule has 1 amide bonds. The number of hydrogen-bond acceptors (Lipinski definition) is 2. The summed E-state index contributed by atoms with van der Waals surface area (Å²) in [5.74, 6) is -0.151. The van der Waals surface area contributed by atoms with E-state index in [1.54, 1.807) is 12.1 Å². The Balaban J connectivity index is 1.40. The summed E-state index contributed by atoms with van der Waals surface area (Å²) in [6.45, 7) is 2.90. The van der Waals surface area contributed by atoms with Gasteiger partial charge in [0.2, 0.25) is 0 Å². The number of carbonyl (C=O) groups is 1. The van der Waals surface area contributed by atoms with Gasteiger partial charge in [0.15, 0.2) is 0 Å². The first kappa shape index (κ1) is 18.2. The molecule has 2 bridgehead atoms. The number of rotatable bonds is 4. The summed E-state index contributed by atoms with van der Waals surface area (Å²) >= 11 is 0. The Morgan fingerprint density at radius 2 is 1.67 bits per heavy atom. The number of fused-ring (bicyclic) bond motifs is 2. The highest BCUT2D eigenvalue weighted by Gasteiger charge is 2.38. The zero-order valence-electron chi connectivity index (χ0n) is 15.8. The van der Waals surface area contributed by atoms with Crippen LogP contribution in [0.15, 0.2) is 48.5 Å². The monoisotopic (exact) mass is 366 g/mol. The van der Waals surface area contributed by atoms with Gasteiger partial charge in [0.05, 0.1) is 0 Å². The molecule has 1 N–H and O–H groups in total. The van der Waals surface area contributed by atoms with E-state index in [2.05, 4.69) is 10.2 Å². The highest BCUT2D eigenvalue weighted by Crippen LogP contribution is 2.35. The molecule has 2 heterocycles. The summed E-state index contributed by atoms with van der Waals surface area (Å²) < 4.78 is 13.2. The molecule has 4 rings (SSSR count). The summed E-state index contributed by atoms with van der Waals surface area (Å²) in [5, 5.41) is 3.26. The second kappa shape index (κ2) is 7.81. The fourth-order valence-corrected chi connectivity index (χ4v) is 4.63. The maximum atomic E-state index is 13.2. The van der Waals surface area contributed by atoms with E-state index in [1.807, 2.05) is 43.3 Å². The predicted octanol–water partition coefficient (Wildman–Crippen LogP) is 4.45. The fraction of sp³-hybridized carbons (Fsp3) is 0.435. The molecule has 3 nitrogen and oxygen atoms in total. The van der Waals surface area contributed by atoms with Crippen LogP contribution in [0.2, 0.25) is 0 Å². The largest absolute Gasteiger partial charge is 0.349 e. The number of hydrogen-bond donors (Lipinski definition) is 1. The molecule has 4 heteroatoms. The minimum absolute atomic E-state index is 0.0325. The molecule has 27 heavy (non-hydrogen) atoms. The normalized spacial score (nSPS) is 25.2. The van der Waals surface area contributed by atoms with E-state index in [-0.39, 0.29) is 17.8 Å². The summed E-state index contributed by atoms with van der Waals surface area (Å²) in [6, 6.07) is 15.8. The first-order chi connectivity index (χ1) is 13.1. The Bertz CT molecular complexity index is 773. The van der Waals surface area contributed by atoms with Crippen LogP contribution in [0.25, 0.3) is 0 Å². The first-order valence-corrected chi connectivity index (χ1v) is 9.96. The Kier molecular flexibility index (Phi) is 5.26. The van der Waals surface area contributed by atoms with Crippen molar-refractivity contribution >= 4 is 5.91 Å². The van der Waals surface area contributed by atoms with E-state index in [4.69, 9.17) is 0 Å². The topological polar surface area (TPSA) is 32.3 Å². The van der Waals surface area contributed by atoms with Gasteiger partial charge in [-0.3, -0.25) is 9.69 Å². The van der Waals surface area contributed by atoms with E-state index in [0.29, 0.717) is 12.1 Å². The maximum absolute atomic E-state index is 13.2. The van der Waals surface area contributed by atoms with Gasteiger partial charge in [-0.05, 0) is 62.4 Å². The van der Waals surface area contributed by atoms with Crippen molar-refractivity contribution in [2.75, 3.05) is 0 Å². The molecule has 0 spiro atoms. The lowest BCUT2D eigenvalue weighted by molar-refractivity contribution is 0.0177. The molecular formula is C23H27FN2O. The summed E-state index contributed by atoms with van der Waals surface area (Å²) in [5.41, 5.74) is 3.06. The molecule has 2 saturated heterocycles. The SMILES string of the molecule is Cc1ccc(C(=O)NC2CC3CCCC(C2)N3Cc2ccc(F)cc2)cc1. The molecule has 2 fully saturated rings. The van der Waals surface area contributed by atoms with Crippen LogP contribution in [-0.4, -0.2) is 28.9 Å². The number of piperidine rings is 2. The Morgan fingerprint density at radius 3 is 2.30 bits per heavy atom. The van der Waals surface area contributed by atoms with Crippen molar-refractivity contribution in [2.45, 2.75) is 63.7 Å². The van der Waals surface area contributed by atoms with Gasteiger partial charge in [0, 0.05) is 30.2 Å². The van der Waals surface area contributed by atoms with Crippen LogP contribution in [-0.2, 0) is 6.54 Å². The highest BCUT2D eigenvalue weighted by atomic mass is 19.1. The lowest BCUT2D eigenvalue weighted by atomic mass is 9.81. The number of aryl methyl sites for hydroxylation is 1. The smallest absolute Gasteiger partial charge is 0.251 e. The molecule has 2 unspecified atom stereocenters. The summed E-state index contributed by atoms with van der Waals surface area (Å²) in [6.07, 6.45) is 5.60. The van der Waals surface area contributed by atoms with Gasteiger partial charge in [0.1, 0.15) is 5.82 Å². The van der Waals surface area contributed by atoms with Crippen molar-refractivity contribution in [2.24, 2.45) is 0 Å². The second-order valence-electron chi connectivity index (χ2n) is 8.05. The molecular weight excluding hydrogens is 339 g/mol. The van der Waals surface area contributed by atoms with Crippen LogP contribution in [0.5, 0.6) is 0 Å². The molecule has 0 aromatic heterocycles. The number of carbonyl (C=O) groups excluding carboxylic acids is 1. The van der Waals surface area contributed by atoms with E-state index in [1.165, 1.54) is 19.3 Å². The number of nitrogens with zero attached hydrogens (tertiary/aromatic N) is 1. The van der Waals surface area contributed by atoms with Gasteiger partial charge < -0.3 is 5.32 Å². The number of halogens is 1. The quantitative estimate of drug-likeness (QED) is 0.867. The van der Waals surface area contributed by atoms with E-state index in [9.17, 15) is 9.18 Å². The summed E-state index contributed by atoms with van der Waals surface area (Å²) in [4.78, 5) is 15.2. The maximum Gasteiger partial charge on any atom is 0.251 e. The van der Waals surface area contributed by atoms with Gasteiger partial charge >= 0.3 is 0 Å². The number of amides is 1. The average Bonchev–Trinajstić information content (AvgIpc) is 2.64. The van der Waals surface area contributed by atoms with E-state index in [0.717, 1.165) is 36.1 Å². The number of benzene rings is 2. The molecule has 2 aliphatic rings. The van der Waals surface area contributed by atoms with Crippen molar-refractivity contribution < 1.29 is 9.18 Å². The molecule has 0 radical (unpaired) electrons. The van der Waals surface area contributed by atoms with Crippen molar-refractivity contribution in [1.29, 1.82) is 0 Å². The van der Waals surface area contributed by atoms with Crippen molar-refractivity contribution in [3.05, 3.63) is 71.0 Å². The van der Waals surface area contributed by atoms with Gasteiger partial charge in [-0.15, -0.1) is 0 Å². The second-order valence-corrected chi connectivity index (χ2v) is 8.05. The Labute approximate surface area is 160 Å². The standard InChI is InChI=1S/C23H27FN2O/c1-16-5-9-18(10-6-16)23(27)25-20-13-21-3-2-4-22(14-20)26(21)15-17-7-11-19(24)12-8-17/h5-12,20-22H,2-4,13-15H2,1H3,(H,25,27). The summed E-state index contributed by atoms with van der Waals surface area (Å²) in [7, 11) is 0. The highest BCUT2D eigenvalue weighted by molar-refractivity contribution is 5.94. The Morgan fingerprint density at radius 1 is 1.04 bits per heavy atom. The Hall–Kier alpha value is -2.20. The van der Waals surface area contributed by atoms with Crippen LogP contribution in [0.1, 0.15) is 53.6 Å². The van der Waals surface area contributed by atoms with Crippen molar-refractivity contribution in [3.8, 4) is 0 Å². The lowest BCUT2D eigenvalue weighted by Crippen LogP contribution is -2.56. The van der Waals surface area contributed by atoms with Gasteiger partial charge in [-0.1, -0.05) is 36.2 Å². The third kappa shape index (κ3) is 4.22. The zero-order chi connectivity index (χ0) is 18.8. The first-order valence-electron chi connectivity index (χ1n) is 9.96.